The number of ether oxygens (including phenoxy) is 1. The van der Waals surface area contributed by atoms with Crippen LogP contribution in [0.25, 0.3) is 0 Å². The largest absolute Gasteiger partial charge is 0.481 e. The molecule has 11 nitrogen and oxygen atoms in total. The number of nitrogens with one attached hydrogen (secondary N) is 1. The molecular weight excluding hydrogens is 593 g/mol. The number of aliphatic carboxylic acids is 1. The molecule has 3 aromatic carbocycles. The number of aromatic carboxylic acids is 1. The van der Waals surface area contributed by atoms with Crippen molar-refractivity contribution >= 4 is 58.0 Å². The van der Waals surface area contributed by atoms with Gasteiger partial charge in [0.1, 0.15) is 11.1 Å². The van der Waals surface area contributed by atoms with Crippen LogP contribution in [0.1, 0.15) is 46.5 Å². The summed E-state index contributed by atoms with van der Waals surface area (Å²) >= 11 is 1.13. The number of rotatable bonds is 9. The van der Waals surface area contributed by atoms with Crippen LogP contribution >= 0.6 is 11.8 Å². The summed E-state index contributed by atoms with van der Waals surface area (Å²) in [7, 11) is 0. The molecule has 1 atom stereocenters. The van der Waals surface area contributed by atoms with Crippen molar-refractivity contribution in [3.8, 4) is 0 Å². The molecule has 1 saturated heterocycles. The normalized spacial score (nSPS) is 15.2. The van der Waals surface area contributed by atoms with Gasteiger partial charge >= 0.3 is 11.9 Å². The van der Waals surface area contributed by atoms with E-state index < -0.39 is 29.1 Å². The zero-order valence-corrected chi connectivity index (χ0v) is 24.7. The van der Waals surface area contributed by atoms with Crippen LogP contribution in [-0.4, -0.2) is 68.4 Å². The van der Waals surface area contributed by atoms with Gasteiger partial charge in [0.15, 0.2) is 5.17 Å². The maximum absolute atomic E-state index is 13.3. The predicted octanol–water partition coefficient (Wildman–Crippen LogP) is 4.99. The first-order valence-corrected chi connectivity index (χ1v) is 14.3. The Bertz CT molecular complexity index is 1520. The number of hydrogen-bond donors (Lipinski definition) is 3. The van der Waals surface area contributed by atoms with Crippen molar-refractivity contribution in [2.24, 2.45) is 4.99 Å². The number of amidine groups is 1. The predicted molar refractivity (Wildman–Crippen MR) is 163 cm³/mol. The maximum atomic E-state index is 13.3. The van der Waals surface area contributed by atoms with Gasteiger partial charge in [-0.2, -0.15) is 0 Å². The number of aliphatic imine (C=N–C) groups is 1. The van der Waals surface area contributed by atoms with Crippen LogP contribution < -0.4 is 5.32 Å². The molecule has 3 N–H and O–H groups in total. The lowest BCUT2D eigenvalue weighted by Gasteiger charge is -2.32. The Morgan fingerprint density at radius 3 is 2.14 bits per heavy atom. The Labute approximate surface area is 256 Å². The molecule has 1 aliphatic rings. The van der Waals surface area contributed by atoms with Crippen molar-refractivity contribution in [3.05, 3.63) is 95.3 Å². The van der Waals surface area contributed by atoms with Gasteiger partial charge in [-0.1, -0.05) is 23.9 Å². The van der Waals surface area contributed by atoms with Gasteiger partial charge in [0.2, 0.25) is 11.8 Å². The summed E-state index contributed by atoms with van der Waals surface area (Å²) in [6.07, 6.45) is 0.369. The van der Waals surface area contributed by atoms with Gasteiger partial charge in [-0.3, -0.25) is 19.3 Å². The molecule has 3 aromatic rings. The van der Waals surface area contributed by atoms with Crippen LogP contribution in [0.3, 0.4) is 0 Å². The second-order valence-electron chi connectivity index (χ2n) is 9.28. The Morgan fingerprint density at radius 1 is 0.977 bits per heavy atom. The van der Waals surface area contributed by atoms with Crippen LogP contribution in [0.2, 0.25) is 0 Å². The standard InChI is InChI=1S/C29H26FN3O6S.C2H4O2/c1-2-39-28(38)20-7-13-23(14-8-20)32-29-33(16-15-18-3-9-21(30)10-4-18)25(34)17-24(40-29)26(35)31-22-11-5-19(6-12-22)27(36)37;1-2(3)4/h3-14,24H,2,15-17H2,1H3,(H,31,35)(H,36,37);1H3,(H,3,4). The molecule has 0 bridgehead atoms. The Morgan fingerprint density at radius 2 is 1.57 bits per heavy atom. The summed E-state index contributed by atoms with van der Waals surface area (Å²) in [5, 5.41) is 18.7. The quantitative estimate of drug-likeness (QED) is 0.279. The second-order valence-corrected chi connectivity index (χ2v) is 10.5. The number of amides is 2. The summed E-state index contributed by atoms with van der Waals surface area (Å²) in [5.74, 6) is -3.46. The molecule has 0 aromatic heterocycles. The zero-order chi connectivity index (χ0) is 32.2. The third-order valence-corrected chi connectivity index (χ3v) is 7.16. The van der Waals surface area contributed by atoms with Crippen molar-refractivity contribution in [1.29, 1.82) is 0 Å². The van der Waals surface area contributed by atoms with E-state index in [1.54, 1.807) is 43.3 Å². The van der Waals surface area contributed by atoms with Crippen molar-refractivity contribution in [2.75, 3.05) is 18.5 Å². The van der Waals surface area contributed by atoms with E-state index in [0.717, 1.165) is 24.2 Å². The number of nitrogens with zero attached hydrogens (tertiary/aromatic N) is 2. The van der Waals surface area contributed by atoms with Crippen LogP contribution in [0.5, 0.6) is 0 Å². The molecular formula is C31H30FN3O8S. The molecule has 2 amide bonds. The molecule has 1 unspecified atom stereocenters. The average molecular weight is 624 g/mol. The van der Waals surface area contributed by atoms with E-state index in [1.807, 2.05) is 0 Å². The molecule has 1 heterocycles. The second kappa shape index (κ2) is 16.0. The number of halogens is 1. The topological polar surface area (TPSA) is 163 Å². The van der Waals surface area contributed by atoms with Crippen molar-refractivity contribution < 1.29 is 43.3 Å². The van der Waals surface area contributed by atoms with Gasteiger partial charge in [0.05, 0.1) is 23.4 Å². The Kier molecular flexibility index (Phi) is 12.2. The summed E-state index contributed by atoms with van der Waals surface area (Å²) in [4.78, 5) is 64.5. The highest BCUT2D eigenvalue weighted by Crippen LogP contribution is 2.30. The van der Waals surface area contributed by atoms with E-state index in [9.17, 15) is 23.6 Å². The first-order chi connectivity index (χ1) is 21.0. The number of thioether (sulfide) groups is 1. The van der Waals surface area contributed by atoms with Crippen LogP contribution in [0, 0.1) is 5.82 Å². The number of hydrogen-bond acceptors (Lipinski definition) is 8. The van der Waals surface area contributed by atoms with Crippen molar-refractivity contribution in [1.82, 2.24) is 4.90 Å². The summed E-state index contributed by atoms with van der Waals surface area (Å²) in [5.41, 5.74) is 2.15. The number of carboxylic acids is 2. The highest BCUT2D eigenvalue weighted by molar-refractivity contribution is 8.15. The van der Waals surface area contributed by atoms with E-state index in [1.165, 1.54) is 41.3 Å². The van der Waals surface area contributed by atoms with Gasteiger partial charge in [0.25, 0.3) is 5.97 Å². The first kappa shape index (κ1) is 33.5. The van der Waals surface area contributed by atoms with Crippen LogP contribution in [-0.2, 0) is 25.5 Å². The average Bonchev–Trinajstić information content (AvgIpc) is 2.98. The number of anilines is 1. The lowest BCUT2D eigenvalue weighted by Crippen LogP contribution is -2.46. The highest BCUT2D eigenvalue weighted by atomic mass is 32.2. The molecule has 0 radical (unpaired) electrons. The maximum Gasteiger partial charge on any atom is 0.338 e. The molecule has 0 saturated carbocycles. The number of carbonyl (C=O) groups is 5. The number of carbonyl (C=O) groups excluding carboxylic acids is 3. The minimum absolute atomic E-state index is 0.0755. The molecule has 1 aliphatic heterocycles. The van der Waals surface area contributed by atoms with Gasteiger partial charge in [0, 0.05) is 25.6 Å². The summed E-state index contributed by atoms with van der Waals surface area (Å²) in [6.45, 7) is 3.31. The van der Waals surface area contributed by atoms with Gasteiger partial charge in [-0.15, -0.1) is 0 Å². The van der Waals surface area contributed by atoms with Gasteiger partial charge < -0.3 is 20.3 Å². The third-order valence-electron chi connectivity index (χ3n) is 5.97. The molecule has 44 heavy (non-hydrogen) atoms. The van der Waals surface area contributed by atoms with E-state index >= 15 is 0 Å². The van der Waals surface area contributed by atoms with E-state index in [-0.39, 0.29) is 36.9 Å². The molecule has 0 aliphatic carbocycles. The van der Waals surface area contributed by atoms with E-state index in [0.29, 0.717) is 28.5 Å². The Balaban J connectivity index is 0.00000124. The fourth-order valence-corrected chi connectivity index (χ4v) is 4.99. The smallest absolute Gasteiger partial charge is 0.338 e. The lowest BCUT2D eigenvalue weighted by atomic mass is 10.1. The van der Waals surface area contributed by atoms with Crippen molar-refractivity contribution in [3.63, 3.8) is 0 Å². The van der Waals surface area contributed by atoms with Crippen LogP contribution in [0.4, 0.5) is 15.8 Å². The highest BCUT2D eigenvalue weighted by Gasteiger charge is 2.36. The zero-order valence-electron chi connectivity index (χ0n) is 23.9. The SMILES string of the molecule is CC(=O)O.CCOC(=O)c1ccc(N=C2SC(C(=O)Nc3ccc(C(=O)O)cc3)CC(=O)N2CCc2ccc(F)cc2)cc1. The molecule has 0 spiro atoms. The first-order valence-electron chi connectivity index (χ1n) is 13.4. The van der Waals surface area contributed by atoms with E-state index in [4.69, 9.17) is 19.7 Å². The van der Waals surface area contributed by atoms with Crippen molar-refractivity contribution in [2.45, 2.75) is 31.9 Å². The number of esters is 1. The van der Waals surface area contributed by atoms with Gasteiger partial charge in [-0.05, 0) is 79.6 Å². The van der Waals surface area contributed by atoms with Crippen LogP contribution in [0.15, 0.2) is 77.8 Å². The monoisotopic (exact) mass is 623 g/mol. The number of carboxylic acid groups (broad SMARTS) is 2. The molecule has 13 heteroatoms. The minimum Gasteiger partial charge on any atom is -0.481 e. The third kappa shape index (κ3) is 10.1. The fourth-order valence-electron chi connectivity index (χ4n) is 3.87. The van der Waals surface area contributed by atoms with Gasteiger partial charge in [-0.25, -0.2) is 19.0 Å². The summed E-state index contributed by atoms with van der Waals surface area (Å²) in [6, 6.07) is 18.1. The summed E-state index contributed by atoms with van der Waals surface area (Å²) < 4.78 is 18.3. The minimum atomic E-state index is -1.08. The Hall–Kier alpha value is -5.04. The lowest BCUT2D eigenvalue weighted by molar-refractivity contribution is -0.134. The molecule has 230 valence electrons. The number of benzene rings is 3. The molecule has 1 fully saturated rings. The fraction of sp³-hybridized carbons (Fsp3) is 0.226. The van der Waals surface area contributed by atoms with E-state index in [2.05, 4.69) is 10.3 Å². The molecule has 4 rings (SSSR count).